The molecular formula is C11H13N2O3S-. The van der Waals surface area contributed by atoms with Crippen molar-refractivity contribution in [2.24, 2.45) is 11.8 Å². The first kappa shape index (κ1) is 12.0. The van der Waals surface area contributed by atoms with E-state index in [0.717, 1.165) is 12.8 Å². The highest BCUT2D eigenvalue weighted by atomic mass is 32.1. The lowest BCUT2D eigenvalue weighted by Gasteiger charge is -2.30. The lowest BCUT2D eigenvalue weighted by atomic mass is 9.79. The Hall–Kier alpha value is -1.43. The van der Waals surface area contributed by atoms with Gasteiger partial charge in [-0.3, -0.25) is 4.79 Å². The Kier molecular flexibility index (Phi) is 3.73. The van der Waals surface area contributed by atoms with Crippen LogP contribution in [0.2, 0.25) is 0 Å². The van der Waals surface area contributed by atoms with Crippen molar-refractivity contribution in [3.8, 4) is 0 Å². The van der Waals surface area contributed by atoms with Gasteiger partial charge < -0.3 is 15.2 Å². The lowest BCUT2D eigenvalue weighted by Crippen LogP contribution is -2.42. The van der Waals surface area contributed by atoms with Crippen LogP contribution in [-0.4, -0.2) is 16.9 Å². The van der Waals surface area contributed by atoms with Crippen LogP contribution < -0.4 is 10.4 Å². The van der Waals surface area contributed by atoms with E-state index >= 15 is 0 Å². The lowest BCUT2D eigenvalue weighted by molar-refractivity contribution is -0.313. The van der Waals surface area contributed by atoms with Crippen molar-refractivity contribution in [3.05, 3.63) is 11.6 Å². The number of aromatic nitrogens is 1. The molecule has 6 heteroatoms. The molecule has 92 valence electrons. The zero-order chi connectivity index (χ0) is 12.3. The van der Waals surface area contributed by atoms with Gasteiger partial charge in [0, 0.05) is 29.4 Å². The molecule has 17 heavy (non-hydrogen) atoms. The number of carbonyl (C=O) groups excluding carboxylic acids is 2. The Bertz CT molecular complexity index is 405. The van der Waals surface area contributed by atoms with E-state index in [4.69, 9.17) is 0 Å². The van der Waals surface area contributed by atoms with Gasteiger partial charge in [0.25, 0.3) is 0 Å². The fourth-order valence-corrected chi connectivity index (χ4v) is 2.74. The smallest absolute Gasteiger partial charge is 0.229 e. The molecule has 1 aromatic rings. The Labute approximate surface area is 103 Å². The van der Waals surface area contributed by atoms with Gasteiger partial charge in [0.15, 0.2) is 5.13 Å². The normalized spacial score (nSPS) is 24.2. The molecular weight excluding hydrogens is 240 g/mol. The zero-order valence-corrected chi connectivity index (χ0v) is 10.0. The number of carbonyl (C=O) groups is 2. The topological polar surface area (TPSA) is 82.1 Å². The second-order valence-electron chi connectivity index (χ2n) is 4.14. The first-order valence-electron chi connectivity index (χ1n) is 5.59. The molecule has 1 amide bonds. The largest absolute Gasteiger partial charge is 0.550 e. The summed E-state index contributed by atoms with van der Waals surface area (Å²) in [6, 6.07) is 0. The standard InChI is InChI=1S/C11H14N2O3S/c14-9(13-11-12-5-6-17-11)7-3-1-2-4-8(7)10(15)16/h5-8H,1-4H2,(H,15,16)(H,12,13,14)/p-1/t7-,8+/m0/s1. The summed E-state index contributed by atoms with van der Waals surface area (Å²) in [5.74, 6) is -2.53. The van der Waals surface area contributed by atoms with Crippen LogP contribution in [0.1, 0.15) is 25.7 Å². The average Bonchev–Trinajstić information content (AvgIpc) is 2.81. The highest BCUT2D eigenvalue weighted by Gasteiger charge is 2.31. The van der Waals surface area contributed by atoms with Gasteiger partial charge in [0.2, 0.25) is 5.91 Å². The number of nitrogens with zero attached hydrogens (tertiary/aromatic N) is 1. The van der Waals surface area contributed by atoms with Crippen LogP contribution in [0.5, 0.6) is 0 Å². The molecule has 2 rings (SSSR count). The summed E-state index contributed by atoms with van der Waals surface area (Å²) in [6.45, 7) is 0. The van der Waals surface area contributed by atoms with Crippen molar-refractivity contribution in [1.82, 2.24) is 4.98 Å². The number of anilines is 1. The molecule has 0 radical (unpaired) electrons. The Morgan fingerprint density at radius 1 is 1.35 bits per heavy atom. The highest BCUT2D eigenvalue weighted by molar-refractivity contribution is 7.13. The summed E-state index contributed by atoms with van der Waals surface area (Å²) in [6.07, 6.45) is 4.46. The predicted molar refractivity (Wildman–Crippen MR) is 61.2 cm³/mol. The number of carboxylic acids is 1. The van der Waals surface area contributed by atoms with Crippen LogP contribution in [0.15, 0.2) is 11.6 Å². The number of carboxylic acid groups (broad SMARTS) is 1. The summed E-state index contributed by atoms with van der Waals surface area (Å²) in [4.78, 5) is 26.9. The third kappa shape index (κ3) is 2.82. The maximum atomic E-state index is 11.9. The van der Waals surface area contributed by atoms with Gasteiger partial charge in [0.05, 0.1) is 0 Å². The monoisotopic (exact) mass is 253 g/mol. The van der Waals surface area contributed by atoms with E-state index < -0.39 is 17.8 Å². The Morgan fingerprint density at radius 3 is 2.65 bits per heavy atom. The first-order valence-corrected chi connectivity index (χ1v) is 6.47. The van der Waals surface area contributed by atoms with E-state index in [9.17, 15) is 14.7 Å². The second kappa shape index (κ2) is 5.27. The van der Waals surface area contributed by atoms with Crippen molar-refractivity contribution in [2.75, 3.05) is 5.32 Å². The number of amides is 1. The van der Waals surface area contributed by atoms with E-state index in [-0.39, 0.29) is 5.91 Å². The van der Waals surface area contributed by atoms with Gasteiger partial charge in [-0.15, -0.1) is 11.3 Å². The SMILES string of the molecule is O=C(Nc1nccs1)[C@H]1CCCC[C@H]1C(=O)[O-]. The Balaban J connectivity index is 2.03. The third-order valence-corrected chi connectivity index (χ3v) is 3.76. The van der Waals surface area contributed by atoms with Crippen LogP contribution in [0, 0.1) is 11.8 Å². The van der Waals surface area contributed by atoms with Crippen molar-refractivity contribution >= 4 is 28.3 Å². The molecule has 1 aromatic heterocycles. The Morgan fingerprint density at radius 2 is 2.06 bits per heavy atom. The molecule has 1 fully saturated rings. The summed E-state index contributed by atoms with van der Waals surface area (Å²) in [7, 11) is 0. The van der Waals surface area contributed by atoms with Gasteiger partial charge in [-0.05, 0) is 12.8 Å². The number of aliphatic carboxylic acids is 1. The summed E-state index contributed by atoms with van der Waals surface area (Å²) >= 11 is 1.32. The second-order valence-corrected chi connectivity index (χ2v) is 5.04. The van der Waals surface area contributed by atoms with Crippen molar-refractivity contribution in [3.63, 3.8) is 0 Å². The quantitative estimate of drug-likeness (QED) is 0.857. The number of hydrogen-bond acceptors (Lipinski definition) is 5. The third-order valence-electron chi connectivity index (χ3n) is 3.07. The van der Waals surface area contributed by atoms with E-state index in [1.807, 2.05) is 0 Å². The van der Waals surface area contributed by atoms with Crippen LogP contribution in [0.4, 0.5) is 5.13 Å². The van der Waals surface area contributed by atoms with Gasteiger partial charge in [-0.25, -0.2) is 4.98 Å². The summed E-state index contributed by atoms with van der Waals surface area (Å²) < 4.78 is 0. The summed E-state index contributed by atoms with van der Waals surface area (Å²) in [5, 5.41) is 15.9. The highest BCUT2D eigenvalue weighted by Crippen LogP contribution is 2.30. The maximum absolute atomic E-state index is 11.9. The van der Waals surface area contributed by atoms with Crippen molar-refractivity contribution in [1.29, 1.82) is 0 Å². The number of rotatable bonds is 3. The summed E-state index contributed by atoms with van der Waals surface area (Å²) in [5.41, 5.74) is 0. The maximum Gasteiger partial charge on any atom is 0.229 e. The van der Waals surface area contributed by atoms with E-state index in [1.54, 1.807) is 11.6 Å². The molecule has 0 aliphatic heterocycles. The van der Waals surface area contributed by atoms with Gasteiger partial charge in [-0.1, -0.05) is 12.8 Å². The molecule has 5 nitrogen and oxygen atoms in total. The molecule has 0 spiro atoms. The number of thiazole rings is 1. The molecule has 0 saturated heterocycles. The minimum absolute atomic E-state index is 0.256. The van der Waals surface area contributed by atoms with Crippen molar-refractivity contribution < 1.29 is 14.7 Å². The molecule has 1 N–H and O–H groups in total. The minimum atomic E-state index is -1.12. The molecule has 0 unspecified atom stereocenters. The van der Waals surface area contributed by atoms with E-state index in [2.05, 4.69) is 10.3 Å². The molecule has 1 saturated carbocycles. The van der Waals surface area contributed by atoms with E-state index in [1.165, 1.54) is 11.3 Å². The molecule has 0 bridgehead atoms. The van der Waals surface area contributed by atoms with Gasteiger partial charge in [0.1, 0.15) is 0 Å². The van der Waals surface area contributed by atoms with Crippen LogP contribution >= 0.6 is 11.3 Å². The molecule has 2 atom stereocenters. The van der Waals surface area contributed by atoms with E-state index in [0.29, 0.717) is 18.0 Å². The zero-order valence-electron chi connectivity index (χ0n) is 9.22. The number of nitrogens with one attached hydrogen (secondary N) is 1. The minimum Gasteiger partial charge on any atom is -0.550 e. The van der Waals surface area contributed by atoms with Gasteiger partial charge >= 0.3 is 0 Å². The predicted octanol–water partition coefficient (Wildman–Crippen LogP) is 0.638. The first-order chi connectivity index (χ1) is 8.18. The molecule has 1 aliphatic carbocycles. The van der Waals surface area contributed by atoms with Crippen LogP contribution in [0.3, 0.4) is 0 Å². The van der Waals surface area contributed by atoms with Crippen molar-refractivity contribution in [2.45, 2.75) is 25.7 Å². The average molecular weight is 253 g/mol. The molecule has 1 aliphatic rings. The fourth-order valence-electron chi connectivity index (χ4n) is 2.21. The van der Waals surface area contributed by atoms with Crippen LogP contribution in [-0.2, 0) is 9.59 Å². The molecule has 1 heterocycles. The molecule has 0 aromatic carbocycles. The van der Waals surface area contributed by atoms with Crippen LogP contribution in [0.25, 0.3) is 0 Å². The van der Waals surface area contributed by atoms with Gasteiger partial charge in [-0.2, -0.15) is 0 Å². The number of hydrogen-bond donors (Lipinski definition) is 1. The fraction of sp³-hybridized carbons (Fsp3) is 0.545.